The zero-order chi connectivity index (χ0) is 25.0. The molecule has 0 radical (unpaired) electrons. The molecule has 2 nitrogen and oxygen atoms in total. The van der Waals surface area contributed by atoms with Crippen molar-refractivity contribution in [2.45, 2.75) is 80.6 Å². The van der Waals surface area contributed by atoms with Crippen molar-refractivity contribution in [3.63, 3.8) is 0 Å². The summed E-state index contributed by atoms with van der Waals surface area (Å²) in [6.07, 6.45) is 10.6. The summed E-state index contributed by atoms with van der Waals surface area (Å²) in [5, 5.41) is 0. The predicted molar refractivity (Wildman–Crippen MR) is 149 cm³/mol. The largest absolute Gasteiger partial charge is 0.299 e. The monoisotopic (exact) mass is 456 g/mol. The van der Waals surface area contributed by atoms with E-state index in [0.717, 1.165) is 18.7 Å². The zero-order valence-electron chi connectivity index (χ0n) is 22.8. The third kappa shape index (κ3) is 5.37. The highest BCUT2D eigenvalue weighted by atomic mass is 15.1. The molecule has 0 saturated heterocycles. The van der Waals surface area contributed by atoms with Crippen LogP contribution in [0.5, 0.6) is 0 Å². The fraction of sp³-hybridized carbons (Fsp3) is 0.469. The first-order valence-electron chi connectivity index (χ1n) is 13.0. The Morgan fingerprint density at radius 3 is 2.21 bits per heavy atom. The third-order valence-electron chi connectivity index (χ3n) is 7.18. The lowest BCUT2D eigenvalue weighted by atomic mass is 9.73. The van der Waals surface area contributed by atoms with Crippen LogP contribution < -0.4 is 0 Å². The Bertz CT molecular complexity index is 1130. The summed E-state index contributed by atoms with van der Waals surface area (Å²) in [7, 11) is 0. The second-order valence-electron chi connectivity index (χ2n) is 11.4. The van der Waals surface area contributed by atoms with Crippen LogP contribution in [0.25, 0.3) is 23.2 Å². The van der Waals surface area contributed by atoms with Crippen LogP contribution in [0.3, 0.4) is 0 Å². The van der Waals surface area contributed by atoms with Gasteiger partial charge in [-0.3, -0.25) is 4.57 Å². The van der Waals surface area contributed by atoms with Crippen LogP contribution in [-0.4, -0.2) is 9.55 Å². The third-order valence-corrected chi connectivity index (χ3v) is 7.18. The van der Waals surface area contributed by atoms with Crippen LogP contribution in [0.2, 0.25) is 0 Å². The van der Waals surface area contributed by atoms with Crippen LogP contribution in [0.4, 0.5) is 0 Å². The molecule has 0 aliphatic heterocycles. The average molecular weight is 457 g/mol. The van der Waals surface area contributed by atoms with Crippen molar-refractivity contribution in [3.8, 4) is 17.1 Å². The van der Waals surface area contributed by atoms with Gasteiger partial charge in [0.25, 0.3) is 0 Å². The van der Waals surface area contributed by atoms with Gasteiger partial charge in [0, 0.05) is 18.0 Å². The van der Waals surface area contributed by atoms with Gasteiger partial charge in [0.1, 0.15) is 5.82 Å². The smallest absolute Gasteiger partial charge is 0.144 e. The van der Waals surface area contributed by atoms with Crippen molar-refractivity contribution in [3.05, 3.63) is 77.1 Å². The Labute approximate surface area is 208 Å². The molecule has 0 amide bonds. The van der Waals surface area contributed by atoms with E-state index in [0.29, 0.717) is 17.8 Å². The molecule has 0 bridgehead atoms. The number of allylic oxidation sites excluding steroid dienone is 1. The van der Waals surface area contributed by atoms with Crippen LogP contribution in [0.1, 0.15) is 84.6 Å². The Morgan fingerprint density at radius 1 is 0.912 bits per heavy atom. The molecule has 1 heterocycles. The highest BCUT2D eigenvalue weighted by molar-refractivity contribution is 5.69. The number of imidazole rings is 1. The molecule has 34 heavy (non-hydrogen) atoms. The molecule has 0 saturated carbocycles. The SMILES string of the molecule is C/C=C/c1ccc(CC(C)C)c(-n2ccnc2-c2ccccc2C(C)(C)C(C)C)c1CC(C)C. The normalized spacial score (nSPS) is 12.6. The minimum atomic E-state index is 0.0433. The second kappa shape index (κ2) is 10.8. The van der Waals surface area contributed by atoms with Gasteiger partial charge in [-0.1, -0.05) is 104 Å². The van der Waals surface area contributed by atoms with E-state index in [1.807, 2.05) is 6.20 Å². The summed E-state index contributed by atoms with van der Waals surface area (Å²) < 4.78 is 2.37. The second-order valence-corrected chi connectivity index (χ2v) is 11.4. The summed E-state index contributed by atoms with van der Waals surface area (Å²) in [4.78, 5) is 4.96. The Kier molecular flexibility index (Phi) is 8.23. The topological polar surface area (TPSA) is 17.8 Å². The number of nitrogens with zero attached hydrogens (tertiary/aromatic N) is 2. The molecule has 0 unspecified atom stereocenters. The van der Waals surface area contributed by atoms with Crippen LogP contribution in [-0.2, 0) is 18.3 Å². The first kappa shape index (κ1) is 26.0. The molecule has 182 valence electrons. The Hall–Kier alpha value is -2.61. The lowest BCUT2D eigenvalue weighted by molar-refractivity contribution is 0.373. The fourth-order valence-electron chi connectivity index (χ4n) is 4.80. The van der Waals surface area contributed by atoms with E-state index in [-0.39, 0.29) is 5.41 Å². The first-order chi connectivity index (χ1) is 16.1. The maximum absolute atomic E-state index is 4.96. The van der Waals surface area contributed by atoms with E-state index in [4.69, 9.17) is 4.98 Å². The molecule has 2 aromatic carbocycles. The van der Waals surface area contributed by atoms with Gasteiger partial charge in [-0.2, -0.15) is 0 Å². The molecule has 3 rings (SSSR count). The number of rotatable bonds is 9. The molecular formula is C32H44N2. The molecule has 1 aromatic heterocycles. The lowest BCUT2D eigenvalue weighted by Crippen LogP contribution is -2.25. The molecule has 2 heteroatoms. The average Bonchev–Trinajstić information content (AvgIpc) is 3.24. The van der Waals surface area contributed by atoms with Gasteiger partial charge in [-0.05, 0) is 65.2 Å². The maximum atomic E-state index is 4.96. The van der Waals surface area contributed by atoms with Gasteiger partial charge < -0.3 is 0 Å². The first-order valence-corrected chi connectivity index (χ1v) is 13.0. The van der Waals surface area contributed by atoms with Crippen molar-refractivity contribution in [2.75, 3.05) is 0 Å². The van der Waals surface area contributed by atoms with Gasteiger partial charge in [-0.15, -0.1) is 0 Å². The van der Waals surface area contributed by atoms with Crippen molar-refractivity contribution < 1.29 is 0 Å². The Morgan fingerprint density at radius 2 is 1.59 bits per heavy atom. The van der Waals surface area contributed by atoms with E-state index in [1.54, 1.807) is 0 Å². The zero-order valence-corrected chi connectivity index (χ0v) is 22.8. The van der Waals surface area contributed by atoms with E-state index < -0.39 is 0 Å². The van der Waals surface area contributed by atoms with Gasteiger partial charge in [0.05, 0.1) is 5.69 Å². The summed E-state index contributed by atoms with van der Waals surface area (Å²) in [5.74, 6) is 2.70. The van der Waals surface area contributed by atoms with E-state index in [2.05, 4.69) is 122 Å². The van der Waals surface area contributed by atoms with Crippen LogP contribution in [0, 0.1) is 17.8 Å². The standard InChI is InChI=1S/C32H44N2/c1-10-13-25-16-17-26(20-22(2)3)30(28(25)21-23(4)5)34-19-18-33-31(34)27-14-11-12-15-29(27)32(8,9)24(6)7/h10-19,22-24H,20-21H2,1-9H3/b13-10+. The molecule has 0 spiro atoms. The predicted octanol–water partition coefficient (Wildman–Crippen LogP) is 8.90. The highest BCUT2D eigenvalue weighted by Gasteiger charge is 2.29. The summed E-state index contributed by atoms with van der Waals surface area (Å²) in [6, 6.07) is 13.5. The highest BCUT2D eigenvalue weighted by Crippen LogP contribution is 2.39. The molecule has 0 N–H and O–H groups in total. The Balaban J connectivity index is 2.35. The summed E-state index contributed by atoms with van der Waals surface area (Å²) in [6.45, 7) is 20.7. The molecule has 3 aromatic rings. The van der Waals surface area contributed by atoms with Crippen molar-refractivity contribution in [1.82, 2.24) is 9.55 Å². The minimum Gasteiger partial charge on any atom is -0.299 e. The van der Waals surface area contributed by atoms with Crippen LogP contribution in [0.15, 0.2) is 54.9 Å². The number of aromatic nitrogens is 2. The van der Waals surface area contributed by atoms with Gasteiger partial charge in [0.2, 0.25) is 0 Å². The van der Waals surface area contributed by atoms with Crippen molar-refractivity contribution in [1.29, 1.82) is 0 Å². The summed E-state index contributed by atoms with van der Waals surface area (Å²) >= 11 is 0. The van der Waals surface area contributed by atoms with Gasteiger partial charge in [0.15, 0.2) is 0 Å². The molecule has 0 fully saturated rings. The number of hydrogen-bond donors (Lipinski definition) is 0. The minimum absolute atomic E-state index is 0.0433. The quantitative estimate of drug-likeness (QED) is 0.314. The number of benzene rings is 2. The summed E-state index contributed by atoms with van der Waals surface area (Å²) in [5.41, 5.74) is 8.09. The number of hydrogen-bond acceptors (Lipinski definition) is 1. The van der Waals surface area contributed by atoms with Crippen molar-refractivity contribution >= 4 is 6.08 Å². The van der Waals surface area contributed by atoms with Gasteiger partial charge >= 0.3 is 0 Å². The molecule has 0 aliphatic rings. The molecule has 0 atom stereocenters. The lowest BCUT2D eigenvalue weighted by Gasteiger charge is -2.32. The van der Waals surface area contributed by atoms with E-state index >= 15 is 0 Å². The fourth-order valence-corrected chi connectivity index (χ4v) is 4.80. The van der Waals surface area contributed by atoms with Crippen LogP contribution >= 0.6 is 0 Å². The van der Waals surface area contributed by atoms with Crippen molar-refractivity contribution in [2.24, 2.45) is 17.8 Å². The van der Waals surface area contributed by atoms with E-state index in [1.165, 1.54) is 33.5 Å². The molecule has 0 aliphatic carbocycles. The van der Waals surface area contributed by atoms with Gasteiger partial charge in [-0.25, -0.2) is 4.98 Å². The maximum Gasteiger partial charge on any atom is 0.144 e. The molecular weight excluding hydrogens is 412 g/mol. The van der Waals surface area contributed by atoms with E-state index in [9.17, 15) is 0 Å².